The highest BCUT2D eigenvalue weighted by Gasteiger charge is 2.28. The zero-order valence-electron chi connectivity index (χ0n) is 36.8. The molecule has 0 fully saturated rings. The monoisotopic (exact) mass is 852 g/mol. The van der Waals surface area contributed by atoms with E-state index in [0.717, 1.165) is 89.9 Å². The molecule has 12 heteroatoms. The Labute approximate surface area is 357 Å². The first-order valence-corrected chi connectivity index (χ1v) is 24.3. The van der Waals surface area contributed by atoms with E-state index in [1.807, 2.05) is 0 Å². The van der Waals surface area contributed by atoms with Gasteiger partial charge in [0.2, 0.25) is 5.91 Å². The lowest BCUT2D eigenvalue weighted by Gasteiger charge is -2.18. The Morgan fingerprint density at radius 3 is 1.44 bits per heavy atom. The van der Waals surface area contributed by atoms with E-state index in [1.54, 1.807) is 0 Å². The summed E-state index contributed by atoms with van der Waals surface area (Å²) in [6, 6.07) is -1.56. The molecule has 0 heterocycles. The summed E-state index contributed by atoms with van der Waals surface area (Å²) in [5.74, 6) is -2.40. The lowest BCUT2D eigenvalue weighted by Crippen LogP contribution is -2.43. The highest BCUT2D eigenvalue weighted by Crippen LogP contribution is 2.43. The molecule has 0 rings (SSSR count). The van der Waals surface area contributed by atoms with Crippen LogP contribution in [-0.4, -0.2) is 64.9 Å². The number of carbonyl (C=O) groups excluding carboxylic acids is 2. The van der Waals surface area contributed by atoms with Gasteiger partial charge in [-0.2, -0.15) is 0 Å². The predicted molar refractivity (Wildman–Crippen MR) is 240 cm³/mol. The van der Waals surface area contributed by atoms with E-state index in [1.165, 1.54) is 57.8 Å². The summed E-state index contributed by atoms with van der Waals surface area (Å²) in [6.07, 6.45) is 48.1. The lowest BCUT2D eigenvalue weighted by atomic mass is 10.1. The van der Waals surface area contributed by atoms with Crippen molar-refractivity contribution in [2.75, 3.05) is 19.8 Å². The van der Waals surface area contributed by atoms with Crippen molar-refractivity contribution < 1.29 is 47.8 Å². The fourth-order valence-corrected chi connectivity index (χ4v) is 6.70. The van der Waals surface area contributed by atoms with E-state index in [9.17, 15) is 34.1 Å². The number of aliphatic hydroxyl groups excluding tert-OH is 1. The second-order valence-corrected chi connectivity index (χ2v) is 16.7. The Bertz CT molecular complexity index is 1230. The molecule has 3 atom stereocenters. The third-order valence-corrected chi connectivity index (χ3v) is 10.5. The molecular weight excluding hydrogens is 769 g/mol. The van der Waals surface area contributed by atoms with Gasteiger partial charge in [-0.3, -0.25) is 18.6 Å². The van der Waals surface area contributed by atoms with Gasteiger partial charge in [0.05, 0.1) is 13.2 Å². The number of esters is 1. The van der Waals surface area contributed by atoms with Gasteiger partial charge in [0.15, 0.2) is 6.04 Å². The molecule has 3 unspecified atom stereocenters. The first-order chi connectivity index (χ1) is 28.6. The maximum atomic E-state index is 12.3. The van der Waals surface area contributed by atoms with Gasteiger partial charge in [-0.15, -0.1) is 0 Å². The first-order valence-electron chi connectivity index (χ1n) is 22.8. The molecular formula is C47H82NO10P. The highest BCUT2D eigenvalue weighted by molar-refractivity contribution is 7.47. The van der Waals surface area contributed by atoms with Crippen LogP contribution in [0.25, 0.3) is 0 Å². The Balaban J connectivity index is 3.92. The Kier molecular flexibility index (Phi) is 39.9. The number of hydrogen-bond donors (Lipinski definition) is 4. The normalized spacial score (nSPS) is 14.2. The molecule has 0 aliphatic rings. The van der Waals surface area contributed by atoms with Crippen LogP contribution in [0.4, 0.5) is 0 Å². The van der Waals surface area contributed by atoms with Crippen molar-refractivity contribution in [3.8, 4) is 0 Å². The van der Waals surface area contributed by atoms with Gasteiger partial charge in [0, 0.05) is 12.8 Å². The molecule has 4 N–H and O–H groups in total. The van der Waals surface area contributed by atoms with Crippen LogP contribution in [0.2, 0.25) is 0 Å². The van der Waals surface area contributed by atoms with Crippen LogP contribution in [0, 0.1) is 0 Å². The molecule has 340 valence electrons. The van der Waals surface area contributed by atoms with Crippen LogP contribution in [0.1, 0.15) is 187 Å². The third kappa shape index (κ3) is 41.7. The van der Waals surface area contributed by atoms with Crippen molar-refractivity contribution in [1.29, 1.82) is 0 Å². The first kappa shape index (κ1) is 56.2. The van der Waals surface area contributed by atoms with Gasteiger partial charge in [-0.25, -0.2) is 9.36 Å². The number of amides is 1. The summed E-state index contributed by atoms with van der Waals surface area (Å²) in [5, 5.41) is 21.8. The summed E-state index contributed by atoms with van der Waals surface area (Å²) in [4.78, 5) is 46.0. The standard InChI is InChI=1S/C47H82NO10P/c1-3-5-7-9-11-13-15-17-19-20-21-22-23-24-25-26-28-30-32-34-36-38-45(50)48-44(47(52)53)42-58-59(54,55)57-41-43(49)40-56-46(51)39-37-35-33-31-29-27-18-16-14-12-10-8-6-4-2/h10-13,16-19,21-22,43-44,49H,3-9,14-15,20,23-42H2,1-2H3,(H,48,50)(H,52,53)(H,54,55)/b12-10-,13-11-,18-16-,19-17-,22-21-. The number of aliphatic carboxylic acids is 1. The van der Waals surface area contributed by atoms with Crippen molar-refractivity contribution in [3.05, 3.63) is 60.8 Å². The van der Waals surface area contributed by atoms with E-state index in [2.05, 4.69) is 79.9 Å². The average molecular weight is 852 g/mol. The average Bonchev–Trinajstić information content (AvgIpc) is 3.21. The number of carboxylic acid groups (broad SMARTS) is 1. The highest BCUT2D eigenvalue weighted by atomic mass is 31.2. The van der Waals surface area contributed by atoms with Crippen molar-refractivity contribution in [2.24, 2.45) is 0 Å². The zero-order chi connectivity index (χ0) is 43.5. The molecule has 11 nitrogen and oxygen atoms in total. The van der Waals surface area contributed by atoms with E-state index in [4.69, 9.17) is 13.8 Å². The molecule has 0 spiro atoms. The molecule has 0 aliphatic carbocycles. The van der Waals surface area contributed by atoms with Gasteiger partial charge >= 0.3 is 19.8 Å². The van der Waals surface area contributed by atoms with Crippen LogP contribution in [0.5, 0.6) is 0 Å². The minimum Gasteiger partial charge on any atom is -0.480 e. The largest absolute Gasteiger partial charge is 0.480 e. The van der Waals surface area contributed by atoms with Crippen molar-refractivity contribution in [3.63, 3.8) is 0 Å². The van der Waals surface area contributed by atoms with Gasteiger partial charge in [0.1, 0.15) is 12.7 Å². The lowest BCUT2D eigenvalue weighted by molar-refractivity contribution is -0.147. The summed E-state index contributed by atoms with van der Waals surface area (Å²) in [5.41, 5.74) is 0. The summed E-state index contributed by atoms with van der Waals surface area (Å²) in [6.45, 7) is 2.50. The Hall–Kier alpha value is -2.82. The quantitative estimate of drug-likeness (QED) is 0.0201. The SMILES string of the molecule is CCCC/C=C\C/C=C\CCCCCCCC(=O)OCC(O)COP(=O)(O)OCC(NC(=O)CCCCCCCCCC/C=C\C/C=C\C/C=C\CCCCC)C(=O)O. The fourth-order valence-electron chi connectivity index (χ4n) is 5.93. The van der Waals surface area contributed by atoms with E-state index < -0.39 is 57.6 Å². The van der Waals surface area contributed by atoms with Crippen LogP contribution < -0.4 is 5.32 Å². The number of unbranched alkanes of at least 4 members (excludes halogenated alkanes) is 18. The smallest absolute Gasteiger partial charge is 0.472 e. The molecule has 0 aliphatic heterocycles. The van der Waals surface area contributed by atoms with Gasteiger partial charge in [0.25, 0.3) is 0 Å². The van der Waals surface area contributed by atoms with Crippen LogP contribution in [-0.2, 0) is 32.7 Å². The Morgan fingerprint density at radius 2 is 0.949 bits per heavy atom. The topological polar surface area (TPSA) is 169 Å². The molecule has 0 aromatic rings. The molecule has 59 heavy (non-hydrogen) atoms. The molecule has 0 radical (unpaired) electrons. The number of phosphoric acid groups is 1. The number of hydrogen-bond acceptors (Lipinski definition) is 8. The maximum Gasteiger partial charge on any atom is 0.472 e. The number of phosphoric ester groups is 1. The number of rotatable bonds is 42. The molecule has 0 aromatic heterocycles. The van der Waals surface area contributed by atoms with Gasteiger partial charge < -0.3 is 25.2 Å². The fraction of sp³-hybridized carbons (Fsp3) is 0.723. The van der Waals surface area contributed by atoms with Crippen molar-refractivity contribution >= 4 is 25.7 Å². The molecule has 0 saturated heterocycles. The molecule has 0 aromatic carbocycles. The molecule has 0 saturated carbocycles. The van der Waals surface area contributed by atoms with E-state index >= 15 is 0 Å². The minimum atomic E-state index is -4.76. The Morgan fingerprint density at radius 1 is 0.542 bits per heavy atom. The van der Waals surface area contributed by atoms with Crippen LogP contribution >= 0.6 is 7.82 Å². The molecule has 1 amide bonds. The van der Waals surface area contributed by atoms with E-state index in [0.29, 0.717) is 12.8 Å². The number of aliphatic hydroxyl groups is 1. The minimum absolute atomic E-state index is 0.134. The van der Waals surface area contributed by atoms with E-state index in [-0.39, 0.29) is 12.8 Å². The number of ether oxygens (including phenoxy) is 1. The summed E-state index contributed by atoms with van der Waals surface area (Å²) < 4.78 is 26.8. The summed E-state index contributed by atoms with van der Waals surface area (Å²) in [7, 11) is -4.76. The zero-order valence-corrected chi connectivity index (χ0v) is 37.7. The summed E-state index contributed by atoms with van der Waals surface area (Å²) >= 11 is 0. The number of carbonyl (C=O) groups is 3. The van der Waals surface area contributed by atoms with Gasteiger partial charge in [-0.05, 0) is 77.0 Å². The number of allylic oxidation sites excluding steroid dienone is 10. The number of nitrogens with one attached hydrogen (secondary N) is 1. The van der Waals surface area contributed by atoms with Crippen molar-refractivity contribution in [1.82, 2.24) is 5.32 Å². The number of carboxylic acids is 1. The second-order valence-electron chi connectivity index (χ2n) is 15.2. The predicted octanol–water partition coefficient (Wildman–Crippen LogP) is 11.9. The van der Waals surface area contributed by atoms with Crippen LogP contribution in [0.3, 0.4) is 0 Å². The van der Waals surface area contributed by atoms with Crippen molar-refractivity contribution in [2.45, 2.75) is 199 Å². The van der Waals surface area contributed by atoms with Crippen LogP contribution in [0.15, 0.2) is 60.8 Å². The molecule has 0 bridgehead atoms. The second kappa shape index (κ2) is 41.9. The third-order valence-electron chi connectivity index (χ3n) is 9.53. The maximum absolute atomic E-state index is 12.3. The van der Waals surface area contributed by atoms with Gasteiger partial charge in [-0.1, -0.05) is 158 Å².